The zero-order valence-electron chi connectivity index (χ0n) is 13.0. The Morgan fingerprint density at radius 2 is 1.90 bits per heavy atom. The molecule has 1 amide bonds. The van der Waals surface area contributed by atoms with E-state index in [0.717, 1.165) is 18.7 Å². The Balaban J connectivity index is 2.48. The minimum atomic E-state index is 0.0832. The summed E-state index contributed by atoms with van der Waals surface area (Å²) in [7, 11) is 3.51. The Kier molecular flexibility index (Phi) is 7.09. The van der Waals surface area contributed by atoms with E-state index in [0.29, 0.717) is 19.1 Å². The van der Waals surface area contributed by atoms with Gasteiger partial charge < -0.3 is 15.0 Å². The lowest BCUT2D eigenvalue weighted by Gasteiger charge is -2.16. The maximum atomic E-state index is 11.4. The maximum Gasteiger partial charge on any atom is 0.225 e. The minimum absolute atomic E-state index is 0.0832. The Hall–Kier alpha value is -1.55. The smallest absolute Gasteiger partial charge is 0.225 e. The van der Waals surface area contributed by atoms with Gasteiger partial charge in [0.2, 0.25) is 5.91 Å². The third kappa shape index (κ3) is 5.21. The highest BCUT2D eigenvalue weighted by Gasteiger charge is 2.08. The van der Waals surface area contributed by atoms with Crippen molar-refractivity contribution in [2.24, 2.45) is 0 Å². The van der Waals surface area contributed by atoms with Crippen molar-refractivity contribution in [2.45, 2.75) is 32.7 Å². The van der Waals surface area contributed by atoms with Crippen LogP contribution in [0.5, 0.6) is 5.75 Å². The molecule has 0 heterocycles. The fraction of sp³-hybridized carbons (Fsp3) is 0.562. The van der Waals surface area contributed by atoms with E-state index in [1.165, 1.54) is 5.56 Å². The average molecular weight is 278 g/mol. The van der Waals surface area contributed by atoms with Crippen LogP contribution in [0.4, 0.5) is 0 Å². The molecule has 0 saturated heterocycles. The van der Waals surface area contributed by atoms with E-state index < -0.39 is 0 Å². The zero-order chi connectivity index (χ0) is 15.0. The Labute approximate surface area is 122 Å². The SMILES string of the molecule is CCNC(CC)c1ccc(OCCC(=O)N(C)C)cc1. The van der Waals surface area contributed by atoms with Gasteiger partial charge >= 0.3 is 0 Å². The molecule has 20 heavy (non-hydrogen) atoms. The van der Waals surface area contributed by atoms with Gasteiger partial charge in [-0.2, -0.15) is 0 Å². The van der Waals surface area contributed by atoms with Crippen molar-refractivity contribution in [1.29, 1.82) is 0 Å². The van der Waals surface area contributed by atoms with Gasteiger partial charge in [0.25, 0.3) is 0 Å². The summed E-state index contributed by atoms with van der Waals surface area (Å²) in [5.74, 6) is 0.895. The van der Waals surface area contributed by atoms with Crippen LogP contribution < -0.4 is 10.1 Å². The molecule has 4 heteroatoms. The fourth-order valence-corrected chi connectivity index (χ4v) is 2.02. The summed E-state index contributed by atoms with van der Waals surface area (Å²) in [5.41, 5.74) is 1.27. The van der Waals surface area contributed by atoms with Gasteiger partial charge in [-0.15, -0.1) is 0 Å². The van der Waals surface area contributed by atoms with Gasteiger partial charge in [0, 0.05) is 20.1 Å². The topological polar surface area (TPSA) is 41.6 Å². The number of carbonyl (C=O) groups excluding carboxylic acids is 1. The number of rotatable bonds is 8. The molecule has 1 atom stereocenters. The summed E-state index contributed by atoms with van der Waals surface area (Å²) in [5, 5.41) is 3.45. The first-order chi connectivity index (χ1) is 9.58. The van der Waals surface area contributed by atoms with Crippen molar-refractivity contribution >= 4 is 5.91 Å². The summed E-state index contributed by atoms with van der Waals surface area (Å²) in [6, 6.07) is 8.49. The van der Waals surface area contributed by atoms with Crippen LogP contribution in [0.3, 0.4) is 0 Å². The van der Waals surface area contributed by atoms with Crippen molar-refractivity contribution in [2.75, 3.05) is 27.2 Å². The predicted molar refractivity (Wildman–Crippen MR) is 82.0 cm³/mol. The van der Waals surface area contributed by atoms with Crippen molar-refractivity contribution in [3.05, 3.63) is 29.8 Å². The monoisotopic (exact) mass is 278 g/mol. The molecule has 0 fully saturated rings. The van der Waals surface area contributed by atoms with Gasteiger partial charge in [-0.3, -0.25) is 4.79 Å². The zero-order valence-corrected chi connectivity index (χ0v) is 13.0. The van der Waals surface area contributed by atoms with Gasteiger partial charge in [0.05, 0.1) is 13.0 Å². The number of carbonyl (C=O) groups is 1. The fourth-order valence-electron chi connectivity index (χ4n) is 2.02. The molecule has 0 saturated carbocycles. The van der Waals surface area contributed by atoms with Gasteiger partial charge in [0.15, 0.2) is 0 Å². The Morgan fingerprint density at radius 3 is 2.40 bits per heavy atom. The van der Waals surface area contributed by atoms with Crippen LogP contribution in [-0.2, 0) is 4.79 Å². The number of ether oxygens (including phenoxy) is 1. The second kappa shape index (κ2) is 8.59. The minimum Gasteiger partial charge on any atom is -0.493 e. The first-order valence-corrected chi connectivity index (χ1v) is 7.24. The number of nitrogens with one attached hydrogen (secondary N) is 1. The number of nitrogens with zero attached hydrogens (tertiary/aromatic N) is 1. The molecule has 1 N–H and O–H groups in total. The molecule has 0 radical (unpaired) electrons. The van der Waals surface area contributed by atoms with E-state index in [4.69, 9.17) is 4.74 Å². The van der Waals surface area contributed by atoms with Crippen LogP contribution in [0.15, 0.2) is 24.3 Å². The lowest BCUT2D eigenvalue weighted by atomic mass is 10.0. The highest BCUT2D eigenvalue weighted by Crippen LogP contribution is 2.20. The summed E-state index contributed by atoms with van der Waals surface area (Å²) >= 11 is 0. The molecule has 0 aliphatic carbocycles. The number of amides is 1. The molecule has 0 spiro atoms. The second-order valence-electron chi connectivity index (χ2n) is 4.97. The second-order valence-corrected chi connectivity index (χ2v) is 4.97. The van der Waals surface area contributed by atoms with E-state index in [1.807, 2.05) is 12.1 Å². The highest BCUT2D eigenvalue weighted by atomic mass is 16.5. The van der Waals surface area contributed by atoms with Gasteiger partial charge in [-0.25, -0.2) is 0 Å². The van der Waals surface area contributed by atoms with Crippen LogP contribution in [0, 0.1) is 0 Å². The quantitative estimate of drug-likeness (QED) is 0.794. The van der Waals surface area contributed by atoms with Crippen molar-refractivity contribution in [1.82, 2.24) is 10.2 Å². The third-order valence-corrected chi connectivity index (χ3v) is 3.22. The van der Waals surface area contributed by atoms with Gasteiger partial charge in [-0.05, 0) is 30.7 Å². The summed E-state index contributed by atoms with van der Waals surface area (Å²) < 4.78 is 5.59. The Bertz CT molecular complexity index is 401. The standard InChI is InChI=1S/C16H26N2O2/c1-5-15(17-6-2)13-7-9-14(10-8-13)20-12-11-16(19)18(3)4/h7-10,15,17H,5-6,11-12H2,1-4H3. The van der Waals surface area contributed by atoms with E-state index in [-0.39, 0.29) is 5.91 Å². The largest absolute Gasteiger partial charge is 0.493 e. The lowest BCUT2D eigenvalue weighted by molar-refractivity contribution is -0.129. The molecule has 0 bridgehead atoms. The van der Waals surface area contributed by atoms with Crippen LogP contribution >= 0.6 is 0 Å². The van der Waals surface area contributed by atoms with E-state index >= 15 is 0 Å². The van der Waals surface area contributed by atoms with E-state index in [9.17, 15) is 4.79 Å². The lowest BCUT2D eigenvalue weighted by Crippen LogP contribution is -2.23. The van der Waals surface area contributed by atoms with E-state index in [1.54, 1.807) is 19.0 Å². The molecule has 1 unspecified atom stereocenters. The maximum absolute atomic E-state index is 11.4. The third-order valence-electron chi connectivity index (χ3n) is 3.22. The molecule has 0 aliphatic heterocycles. The van der Waals surface area contributed by atoms with Crippen LogP contribution in [0.2, 0.25) is 0 Å². The summed E-state index contributed by atoms with van der Waals surface area (Å²) in [6.45, 7) is 5.66. The van der Waals surface area contributed by atoms with E-state index in [2.05, 4.69) is 31.3 Å². The molecule has 1 aromatic rings. The normalized spacial score (nSPS) is 12.0. The number of hydrogen-bond donors (Lipinski definition) is 1. The summed E-state index contributed by atoms with van der Waals surface area (Å²) in [4.78, 5) is 13.0. The molecule has 4 nitrogen and oxygen atoms in total. The molecular weight excluding hydrogens is 252 g/mol. The molecule has 1 rings (SSSR count). The molecular formula is C16H26N2O2. The van der Waals surface area contributed by atoms with Crippen LogP contribution in [0.25, 0.3) is 0 Å². The highest BCUT2D eigenvalue weighted by molar-refractivity contribution is 5.75. The Morgan fingerprint density at radius 1 is 1.25 bits per heavy atom. The number of hydrogen-bond acceptors (Lipinski definition) is 3. The molecule has 112 valence electrons. The van der Waals surface area contributed by atoms with Crippen molar-refractivity contribution in [3.63, 3.8) is 0 Å². The first kappa shape index (κ1) is 16.5. The van der Waals surface area contributed by atoms with Gasteiger partial charge in [-0.1, -0.05) is 26.0 Å². The van der Waals surface area contributed by atoms with Crippen molar-refractivity contribution < 1.29 is 9.53 Å². The predicted octanol–water partition coefficient (Wildman–Crippen LogP) is 2.60. The van der Waals surface area contributed by atoms with Crippen molar-refractivity contribution in [3.8, 4) is 5.75 Å². The average Bonchev–Trinajstić information content (AvgIpc) is 2.45. The number of benzene rings is 1. The van der Waals surface area contributed by atoms with Gasteiger partial charge in [0.1, 0.15) is 5.75 Å². The molecule has 0 aromatic heterocycles. The molecule has 1 aromatic carbocycles. The molecule has 0 aliphatic rings. The van der Waals surface area contributed by atoms with Crippen LogP contribution in [0.1, 0.15) is 38.3 Å². The first-order valence-electron chi connectivity index (χ1n) is 7.24. The van der Waals surface area contributed by atoms with Crippen LogP contribution in [-0.4, -0.2) is 38.1 Å². The summed E-state index contributed by atoms with van der Waals surface area (Å²) in [6.07, 6.45) is 1.47.